The van der Waals surface area contributed by atoms with E-state index in [9.17, 15) is 8.42 Å². The Labute approximate surface area is 115 Å². The van der Waals surface area contributed by atoms with E-state index in [0.29, 0.717) is 0 Å². The number of nitrogens with one attached hydrogen (secondary N) is 1. The molecule has 0 aliphatic carbocycles. The second-order valence-corrected chi connectivity index (χ2v) is 7.32. The van der Waals surface area contributed by atoms with E-state index in [1.165, 1.54) is 4.31 Å². The van der Waals surface area contributed by atoms with Gasteiger partial charge in [0.2, 0.25) is 10.0 Å². The maximum atomic E-state index is 12.4. The molecule has 106 valence electrons. The van der Waals surface area contributed by atoms with Crippen molar-refractivity contribution in [3.8, 4) is 0 Å². The zero-order chi connectivity index (χ0) is 13.9. The van der Waals surface area contributed by atoms with Gasteiger partial charge < -0.3 is 5.32 Å². The number of aryl methyl sites for hydroxylation is 1. The van der Waals surface area contributed by atoms with Gasteiger partial charge in [0, 0.05) is 7.05 Å². The Morgan fingerprint density at radius 1 is 1.32 bits per heavy atom. The zero-order valence-electron chi connectivity index (χ0n) is 11.6. The molecule has 4 nitrogen and oxygen atoms in total. The number of rotatable bonds is 4. The molecule has 1 N–H and O–H groups in total. The summed E-state index contributed by atoms with van der Waals surface area (Å²) in [5, 5.41) is 3.26. The standard InChI is InChI=1S/C14H22N2O2S/c1-12-4-3-5-14(10-12)16(2)19(17,18)11-13-6-8-15-9-7-13/h3-5,10,13,15H,6-9,11H2,1-2H3. The monoisotopic (exact) mass is 282 g/mol. The van der Waals surface area contributed by atoms with E-state index in [4.69, 9.17) is 0 Å². The van der Waals surface area contributed by atoms with Gasteiger partial charge in [0.05, 0.1) is 11.4 Å². The summed E-state index contributed by atoms with van der Waals surface area (Å²) in [5.74, 6) is 0.526. The van der Waals surface area contributed by atoms with E-state index >= 15 is 0 Å². The molecule has 1 saturated heterocycles. The predicted molar refractivity (Wildman–Crippen MR) is 79.0 cm³/mol. The van der Waals surface area contributed by atoms with Crippen molar-refractivity contribution < 1.29 is 8.42 Å². The molecule has 1 heterocycles. The molecule has 1 aromatic rings. The maximum Gasteiger partial charge on any atom is 0.235 e. The van der Waals surface area contributed by atoms with E-state index in [0.717, 1.165) is 37.2 Å². The normalized spacial score (nSPS) is 17.4. The Kier molecular flexibility index (Phi) is 4.47. The number of hydrogen-bond donors (Lipinski definition) is 1. The second kappa shape index (κ2) is 5.92. The number of hydrogen-bond acceptors (Lipinski definition) is 3. The van der Waals surface area contributed by atoms with E-state index in [1.807, 2.05) is 31.2 Å². The molecule has 2 rings (SSSR count). The lowest BCUT2D eigenvalue weighted by molar-refractivity contribution is 0.401. The highest BCUT2D eigenvalue weighted by Gasteiger charge is 2.25. The largest absolute Gasteiger partial charge is 0.317 e. The summed E-state index contributed by atoms with van der Waals surface area (Å²) < 4.78 is 26.3. The third-order valence-electron chi connectivity index (χ3n) is 3.69. The summed E-state index contributed by atoms with van der Waals surface area (Å²) >= 11 is 0. The van der Waals surface area contributed by atoms with E-state index < -0.39 is 10.0 Å². The second-order valence-electron chi connectivity index (χ2n) is 5.28. The maximum absolute atomic E-state index is 12.4. The van der Waals surface area contributed by atoms with Crippen LogP contribution < -0.4 is 9.62 Å². The number of sulfonamides is 1. The molecule has 0 spiro atoms. The van der Waals surface area contributed by atoms with Gasteiger partial charge in [0.1, 0.15) is 0 Å². The fourth-order valence-corrected chi connectivity index (χ4v) is 4.03. The minimum absolute atomic E-state index is 0.249. The first kappa shape index (κ1) is 14.3. The van der Waals surface area contributed by atoms with Crippen molar-refractivity contribution in [3.63, 3.8) is 0 Å². The van der Waals surface area contributed by atoms with Gasteiger partial charge in [-0.25, -0.2) is 8.42 Å². The quantitative estimate of drug-likeness (QED) is 0.915. The minimum atomic E-state index is -3.22. The van der Waals surface area contributed by atoms with Gasteiger partial charge in [-0.1, -0.05) is 12.1 Å². The lowest BCUT2D eigenvalue weighted by Crippen LogP contribution is -2.36. The summed E-state index contributed by atoms with van der Waals surface area (Å²) in [5.41, 5.74) is 1.82. The van der Waals surface area contributed by atoms with Crippen LogP contribution in [0.15, 0.2) is 24.3 Å². The molecule has 5 heteroatoms. The summed E-state index contributed by atoms with van der Waals surface area (Å²) in [6.45, 7) is 3.82. The van der Waals surface area contributed by atoms with E-state index in [2.05, 4.69) is 5.32 Å². The van der Waals surface area contributed by atoms with E-state index in [1.54, 1.807) is 7.05 Å². The molecule has 0 amide bonds. The van der Waals surface area contributed by atoms with Gasteiger partial charge in [-0.3, -0.25) is 4.31 Å². The van der Waals surface area contributed by atoms with Crippen molar-refractivity contribution in [2.45, 2.75) is 19.8 Å². The lowest BCUT2D eigenvalue weighted by Gasteiger charge is -2.26. The zero-order valence-corrected chi connectivity index (χ0v) is 12.4. The van der Waals surface area contributed by atoms with Crippen molar-refractivity contribution >= 4 is 15.7 Å². The van der Waals surface area contributed by atoms with Crippen LogP contribution in [0.4, 0.5) is 5.69 Å². The molecular formula is C14H22N2O2S. The molecule has 0 radical (unpaired) electrons. The number of benzene rings is 1. The SMILES string of the molecule is Cc1cccc(N(C)S(=O)(=O)CC2CCNCC2)c1. The summed E-state index contributed by atoms with van der Waals surface area (Å²) in [4.78, 5) is 0. The number of anilines is 1. The molecule has 0 bridgehead atoms. The highest BCUT2D eigenvalue weighted by molar-refractivity contribution is 7.92. The van der Waals surface area contributed by atoms with Crippen molar-refractivity contribution in [3.05, 3.63) is 29.8 Å². The van der Waals surface area contributed by atoms with Crippen molar-refractivity contribution in [1.82, 2.24) is 5.32 Å². The van der Waals surface area contributed by atoms with Crippen LogP contribution in [0.3, 0.4) is 0 Å². The first-order chi connectivity index (χ1) is 8.99. The molecule has 19 heavy (non-hydrogen) atoms. The summed E-state index contributed by atoms with van der Waals surface area (Å²) in [7, 11) is -1.58. The third kappa shape index (κ3) is 3.70. The minimum Gasteiger partial charge on any atom is -0.317 e. The highest BCUT2D eigenvalue weighted by atomic mass is 32.2. The molecule has 0 saturated carbocycles. The van der Waals surface area contributed by atoms with Crippen LogP contribution in [0.1, 0.15) is 18.4 Å². The molecule has 1 aliphatic heterocycles. The predicted octanol–water partition coefficient (Wildman–Crippen LogP) is 1.76. The van der Waals surface area contributed by atoms with Gasteiger partial charge >= 0.3 is 0 Å². The molecular weight excluding hydrogens is 260 g/mol. The third-order valence-corrected chi connectivity index (χ3v) is 5.63. The van der Waals surface area contributed by atoms with E-state index in [-0.39, 0.29) is 11.7 Å². The van der Waals surface area contributed by atoms with Crippen LogP contribution in [-0.2, 0) is 10.0 Å². The smallest absolute Gasteiger partial charge is 0.235 e. The molecule has 1 aliphatic rings. The van der Waals surface area contributed by atoms with Gasteiger partial charge in [0.15, 0.2) is 0 Å². The Morgan fingerprint density at radius 2 is 2.00 bits per heavy atom. The van der Waals surface area contributed by atoms with Crippen LogP contribution in [0.5, 0.6) is 0 Å². The van der Waals surface area contributed by atoms with Crippen LogP contribution >= 0.6 is 0 Å². The van der Waals surface area contributed by atoms with Gasteiger partial charge in [0.25, 0.3) is 0 Å². The van der Waals surface area contributed by atoms with Gasteiger partial charge in [-0.2, -0.15) is 0 Å². The lowest BCUT2D eigenvalue weighted by atomic mass is 10.0. The van der Waals surface area contributed by atoms with Crippen LogP contribution in [0.2, 0.25) is 0 Å². The fraction of sp³-hybridized carbons (Fsp3) is 0.571. The van der Waals surface area contributed by atoms with Crippen molar-refractivity contribution in [2.75, 3.05) is 30.2 Å². The molecule has 0 atom stereocenters. The Morgan fingerprint density at radius 3 is 2.63 bits per heavy atom. The van der Waals surface area contributed by atoms with Gasteiger partial charge in [-0.05, 0) is 56.5 Å². The van der Waals surface area contributed by atoms with Crippen LogP contribution in [0.25, 0.3) is 0 Å². The Balaban J connectivity index is 2.10. The van der Waals surface area contributed by atoms with Gasteiger partial charge in [-0.15, -0.1) is 0 Å². The Hall–Kier alpha value is -1.07. The first-order valence-electron chi connectivity index (χ1n) is 6.73. The van der Waals surface area contributed by atoms with Crippen molar-refractivity contribution in [2.24, 2.45) is 5.92 Å². The topological polar surface area (TPSA) is 49.4 Å². The number of nitrogens with zero attached hydrogens (tertiary/aromatic N) is 1. The highest BCUT2D eigenvalue weighted by Crippen LogP contribution is 2.21. The molecule has 1 fully saturated rings. The van der Waals surface area contributed by atoms with Crippen molar-refractivity contribution in [1.29, 1.82) is 0 Å². The van der Waals surface area contributed by atoms with Crippen LogP contribution in [-0.4, -0.2) is 34.3 Å². The molecule has 0 aromatic heterocycles. The average molecular weight is 282 g/mol. The Bertz CT molecular complexity index is 522. The fourth-order valence-electron chi connectivity index (χ4n) is 2.44. The number of piperidine rings is 1. The first-order valence-corrected chi connectivity index (χ1v) is 8.34. The average Bonchev–Trinajstić information content (AvgIpc) is 2.38. The van der Waals surface area contributed by atoms with Crippen LogP contribution in [0, 0.1) is 12.8 Å². The molecule has 1 aromatic carbocycles. The summed E-state index contributed by atoms with van der Waals surface area (Å²) in [6.07, 6.45) is 1.89. The summed E-state index contributed by atoms with van der Waals surface area (Å²) in [6, 6.07) is 7.60. The molecule has 0 unspecified atom stereocenters.